The second kappa shape index (κ2) is 7.54. The molecule has 1 atom stereocenters. The molecule has 0 aliphatic heterocycles. The van der Waals surface area contributed by atoms with Gasteiger partial charge in [0.1, 0.15) is 5.75 Å². The molecular weight excluding hydrogens is 288 g/mol. The molecule has 2 rings (SSSR count). The summed E-state index contributed by atoms with van der Waals surface area (Å²) >= 11 is 0. The zero-order chi connectivity index (χ0) is 15.9. The second-order valence-corrected chi connectivity index (χ2v) is 4.76. The molecule has 2 aromatic rings. The Bertz CT molecular complexity index is 600. The fraction of sp³-hybridized carbons (Fsp3) is 0.235. The molecular formula is C17H17F2NO2. The van der Waals surface area contributed by atoms with Crippen LogP contribution < -0.4 is 10.1 Å². The molecule has 0 aliphatic carbocycles. The second-order valence-electron chi connectivity index (χ2n) is 4.76. The molecule has 3 nitrogen and oxygen atoms in total. The molecule has 0 aliphatic rings. The topological polar surface area (TPSA) is 38.3 Å². The van der Waals surface area contributed by atoms with Gasteiger partial charge in [0, 0.05) is 5.69 Å². The number of halogens is 2. The summed E-state index contributed by atoms with van der Waals surface area (Å²) in [6, 6.07) is 15.4. The van der Waals surface area contributed by atoms with E-state index >= 15 is 0 Å². The van der Waals surface area contributed by atoms with E-state index < -0.39 is 6.61 Å². The van der Waals surface area contributed by atoms with Gasteiger partial charge < -0.3 is 10.1 Å². The molecule has 1 N–H and O–H groups in total. The standard InChI is InChI=1S/C17H17F2NO2/c1-2-15(12-6-4-3-5-7-12)16(21)20-13-8-10-14(11-9-13)22-17(18)19/h3-11,15,17H,2H2,1H3,(H,20,21)/t15-/m0/s1. The van der Waals surface area contributed by atoms with E-state index in [-0.39, 0.29) is 17.6 Å². The Morgan fingerprint density at radius 3 is 2.27 bits per heavy atom. The molecule has 0 saturated carbocycles. The molecule has 2 aromatic carbocycles. The van der Waals surface area contributed by atoms with Crippen LogP contribution in [0.1, 0.15) is 24.8 Å². The van der Waals surface area contributed by atoms with Gasteiger partial charge in [0.15, 0.2) is 0 Å². The number of rotatable bonds is 6. The monoisotopic (exact) mass is 305 g/mol. The first-order chi connectivity index (χ1) is 10.6. The molecule has 5 heteroatoms. The minimum absolute atomic E-state index is 0.0584. The summed E-state index contributed by atoms with van der Waals surface area (Å²) in [5, 5.41) is 2.79. The molecule has 0 spiro atoms. The number of hydrogen-bond donors (Lipinski definition) is 1. The summed E-state index contributed by atoms with van der Waals surface area (Å²) in [6.45, 7) is -0.917. The highest BCUT2D eigenvalue weighted by Crippen LogP contribution is 2.23. The first-order valence-electron chi connectivity index (χ1n) is 7.01. The van der Waals surface area contributed by atoms with Crippen LogP contribution in [0, 0.1) is 0 Å². The van der Waals surface area contributed by atoms with Gasteiger partial charge in [-0.25, -0.2) is 0 Å². The Hall–Kier alpha value is -2.43. The summed E-state index contributed by atoms with van der Waals surface area (Å²) in [5.41, 5.74) is 1.49. The maximum Gasteiger partial charge on any atom is 0.387 e. The molecule has 1 amide bonds. The lowest BCUT2D eigenvalue weighted by molar-refractivity contribution is -0.117. The number of benzene rings is 2. The normalized spacial score (nSPS) is 12.0. The number of ether oxygens (including phenoxy) is 1. The highest BCUT2D eigenvalue weighted by Gasteiger charge is 2.18. The highest BCUT2D eigenvalue weighted by molar-refractivity contribution is 5.95. The van der Waals surface area contributed by atoms with E-state index in [2.05, 4.69) is 10.1 Å². The molecule has 116 valence electrons. The lowest BCUT2D eigenvalue weighted by Crippen LogP contribution is -2.20. The van der Waals surface area contributed by atoms with E-state index in [0.29, 0.717) is 12.1 Å². The van der Waals surface area contributed by atoms with Crippen LogP contribution in [-0.2, 0) is 4.79 Å². The summed E-state index contributed by atoms with van der Waals surface area (Å²) in [6.07, 6.45) is 0.669. The largest absolute Gasteiger partial charge is 0.435 e. The summed E-state index contributed by atoms with van der Waals surface area (Å²) < 4.78 is 28.4. The van der Waals surface area contributed by atoms with Crippen molar-refractivity contribution >= 4 is 11.6 Å². The van der Waals surface area contributed by atoms with Gasteiger partial charge in [-0.3, -0.25) is 4.79 Å². The third kappa shape index (κ3) is 4.28. The van der Waals surface area contributed by atoms with Crippen molar-refractivity contribution in [3.8, 4) is 5.75 Å². The van der Waals surface area contributed by atoms with Crippen molar-refractivity contribution < 1.29 is 18.3 Å². The maximum atomic E-state index is 12.3. The zero-order valence-corrected chi connectivity index (χ0v) is 12.1. The van der Waals surface area contributed by atoms with Crippen molar-refractivity contribution in [2.45, 2.75) is 25.9 Å². The minimum Gasteiger partial charge on any atom is -0.435 e. The van der Waals surface area contributed by atoms with Crippen LogP contribution in [0.5, 0.6) is 5.75 Å². The van der Waals surface area contributed by atoms with Gasteiger partial charge in [0.05, 0.1) is 5.92 Å². The fourth-order valence-electron chi connectivity index (χ4n) is 2.21. The first-order valence-corrected chi connectivity index (χ1v) is 7.01. The van der Waals surface area contributed by atoms with E-state index in [1.165, 1.54) is 24.3 Å². The number of nitrogens with one attached hydrogen (secondary N) is 1. The molecule has 0 fully saturated rings. The van der Waals surface area contributed by atoms with Crippen LogP contribution in [0.4, 0.5) is 14.5 Å². The number of alkyl halides is 2. The van der Waals surface area contributed by atoms with Gasteiger partial charge in [-0.15, -0.1) is 0 Å². The van der Waals surface area contributed by atoms with Crippen molar-refractivity contribution in [1.29, 1.82) is 0 Å². The van der Waals surface area contributed by atoms with Crippen molar-refractivity contribution in [3.63, 3.8) is 0 Å². The van der Waals surface area contributed by atoms with Gasteiger partial charge in [-0.05, 0) is 36.2 Å². The number of anilines is 1. The Balaban J connectivity index is 2.04. The predicted molar refractivity (Wildman–Crippen MR) is 81.2 cm³/mol. The van der Waals surface area contributed by atoms with E-state index in [1.807, 2.05) is 37.3 Å². The van der Waals surface area contributed by atoms with E-state index in [9.17, 15) is 13.6 Å². The molecule has 0 unspecified atom stereocenters. The van der Waals surface area contributed by atoms with Crippen molar-refractivity contribution in [2.75, 3.05) is 5.32 Å². The lowest BCUT2D eigenvalue weighted by atomic mass is 9.95. The molecule has 0 saturated heterocycles. The molecule has 0 radical (unpaired) electrons. The Morgan fingerprint density at radius 1 is 1.09 bits per heavy atom. The van der Waals surface area contributed by atoms with Gasteiger partial charge in [-0.2, -0.15) is 8.78 Å². The molecule has 0 bridgehead atoms. The van der Waals surface area contributed by atoms with Crippen LogP contribution in [0.25, 0.3) is 0 Å². The smallest absolute Gasteiger partial charge is 0.387 e. The van der Waals surface area contributed by atoms with E-state index in [1.54, 1.807) is 0 Å². The fourth-order valence-corrected chi connectivity index (χ4v) is 2.21. The average molecular weight is 305 g/mol. The van der Waals surface area contributed by atoms with Crippen LogP contribution in [-0.4, -0.2) is 12.5 Å². The number of hydrogen-bond acceptors (Lipinski definition) is 2. The van der Waals surface area contributed by atoms with E-state index in [0.717, 1.165) is 5.56 Å². The van der Waals surface area contributed by atoms with Crippen molar-refractivity contribution in [1.82, 2.24) is 0 Å². The summed E-state index contributed by atoms with van der Waals surface area (Å²) in [5.74, 6) is -0.322. The van der Waals surface area contributed by atoms with Gasteiger partial charge in [0.25, 0.3) is 0 Å². The number of amides is 1. The SMILES string of the molecule is CC[C@H](C(=O)Nc1ccc(OC(F)F)cc1)c1ccccc1. The Labute approximate surface area is 127 Å². The van der Waals surface area contributed by atoms with Crippen LogP contribution in [0.2, 0.25) is 0 Å². The zero-order valence-electron chi connectivity index (χ0n) is 12.1. The first kappa shape index (κ1) is 15.9. The summed E-state index contributed by atoms with van der Waals surface area (Å²) in [7, 11) is 0. The molecule has 0 heterocycles. The van der Waals surface area contributed by atoms with Crippen LogP contribution in [0.3, 0.4) is 0 Å². The number of carbonyl (C=O) groups excluding carboxylic acids is 1. The lowest BCUT2D eigenvalue weighted by Gasteiger charge is -2.15. The average Bonchev–Trinajstić information content (AvgIpc) is 2.50. The molecule has 22 heavy (non-hydrogen) atoms. The van der Waals surface area contributed by atoms with Gasteiger partial charge in [0.2, 0.25) is 5.91 Å². The third-order valence-corrected chi connectivity index (χ3v) is 3.27. The molecule has 0 aromatic heterocycles. The van der Waals surface area contributed by atoms with E-state index in [4.69, 9.17) is 0 Å². The Morgan fingerprint density at radius 2 is 1.73 bits per heavy atom. The van der Waals surface area contributed by atoms with Crippen molar-refractivity contribution in [3.05, 3.63) is 60.2 Å². The van der Waals surface area contributed by atoms with Gasteiger partial charge in [-0.1, -0.05) is 37.3 Å². The maximum absolute atomic E-state index is 12.3. The quantitative estimate of drug-likeness (QED) is 0.858. The highest BCUT2D eigenvalue weighted by atomic mass is 19.3. The van der Waals surface area contributed by atoms with Crippen LogP contribution >= 0.6 is 0 Å². The summed E-state index contributed by atoms with van der Waals surface area (Å²) in [4.78, 5) is 12.3. The van der Waals surface area contributed by atoms with Crippen LogP contribution in [0.15, 0.2) is 54.6 Å². The Kier molecular flexibility index (Phi) is 5.47. The predicted octanol–water partition coefficient (Wildman–Crippen LogP) is 4.42. The minimum atomic E-state index is -2.86. The third-order valence-electron chi connectivity index (χ3n) is 3.27. The van der Waals surface area contributed by atoms with Crippen molar-refractivity contribution in [2.24, 2.45) is 0 Å². The van der Waals surface area contributed by atoms with Gasteiger partial charge >= 0.3 is 6.61 Å². The number of carbonyl (C=O) groups is 1.